The summed E-state index contributed by atoms with van der Waals surface area (Å²) in [5.74, 6) is -0.108. The fraction of sp³-hybridized carbons (Fsp3) is 0.250. The summed E-state index contributed by atoms with van der Waals surface area (Å²) in [6.45, 7) is 3.44. The van der Waals surface area contributed by atoms with Crippen LogP contribution in [0.4, 0.5) is 0 Å². The van der Waals surface area contributed by atoms with E-state index < -0.39 is 0 Å². The van der Waals surface area contributed by atoms with Crippen LogP contribution in [0.1, 0.15) is 29.9 Å². The molecule has 1 rings (SSSR count). The minimum Gasteiger partial charge on any atom is -0.353 e. The number of pyridine rings is 1. The Morgan fingerprint density at radius 2 is 2.12 bits per heavy atom. The first-order valence-corrected chi connectivity index (χ1v) is 4.97. The van der Waals surface area contributed by atoms with E-state index in [1.54, 1.807) is 12.3 Å². The highest BCUT2D eigenvalue weighted by atomic mass is 16.1. The predicted molar refractivity (Wildman–Crippen MR) is 62.0 cm³/mol. The van der Waals surface area contributed by atoms with Crippen LogP contribution < -0.4 is 5.32 Å². The Balaban J connectivity index is 2.55. The van der Waals surface area contributed by atoms with E-state index >= 15 is 0 Å². The van der Waals surface area contributed by atoms with E-state index in [1.165, 1.54) is 13.8 Å². The van der Waals surface area contributed by atoms with Crippen LogP contribution in [0, 0.1) is 0 Å². The van der Waals surface area contributed by atoms with Gasteiger partial charge in [0.25, 0.3) is 0 Å². The highest BCUT2D eigenvalue weighted by molar-refractivity contribution is 5.92. The number of amides is 1. The Hall–Kier alpha value is -1.97. The van der Waals surface area contributed by atoms with Gasteiger partial charge in [0.05, 0.1) is 0 Å². The summed E-state index contributed by atoms with van der Waals surface area (Å²) in [5.41, 5.74) is 1.36. The molecule has 1 aromatic heterocycles. The lowest BCUT2D eigenvalue weighted by atomic mass is 10.2. The first-order chi connectivity index (χ1) is 7.59. The van der Waals surface area contributed by atoms with Crippen molar-refractivity contribution in [3.63, 3.8) is 0 Å². The van der Waals surface area contributed by atoms with Crippen molar-refractivity contribution in [1.82, 2.24) is 10.3 Å². The maximum Gasteiger partial charge on any atom is 0.217 e. The second-order valence-electron chi connectivity index (χ2n) is 3.37. The van der Waals surface area contributed by atoms with E-state index in [2.05, 4.69) is 10.3 Å². The highest BCUT2D eigenvalue weighted by Crippen LogP contribution is 2.02. The SMILES string of the molecule is CC(=O)NCC=Cc1ccc(C(C)=O)nc1. The van der Waals surface area contributed by atoms with Crippen LogP contribution in [-0.4, -0.2) is 23.2 Å². The van der Waals surface area contributed by atoms with Gasteiger partial charge in [0, 0.05) is 26.6 Å². The molecule has 0 radical (unpaired) electrons. The fourth-order valence-corrected chi connectivity index (χ4v) is 1.11. The van der Waals surface area contributed by atoms with Crippen molar-refractivity contribution in [2.45, 2.75) is 13.8 Å². The average Bonchev–Trinajstić information content (AvgIpc) is 2.25. The molecule has 1 heterocycles. The van der Waals surface area contributed by atoms with Gasteiger partial charge in [-0.05, 0) is 11.6 Å². The Kier molecular flexibility index (Phi) is 4.39. The minimum absolute atomic E-state index is 0.0474. The molecule has 1 aromatic rings. The molecular formula is C12H14N2O2. The summed E-state index contributed by atoms with van der Waals surface area (Å²) in [7, 11) is 0. The number of nitrogens with zero attached hydrogens (tertiary/aromatic N) is 1. The Bertz CT molecular complexity index is 408. The van der Waals surface area contributed by atoms with Gasteiger partial charge in [0.1, 0.15) is 5.69 Å². The number of rotatable bonds is 4. The molecule has 4 heteroatoms. The largest absolute Gasteiger partial charge is 0.353 e. The van der Waals surface area contributed by atoms with Crippen molar-refractivity contribution in [2.24, 2.45) is 0 Å². The van der Waals surface area contributed by atoms with Crippen LogP contribution in [0.25, 0.3) is 6.08 Å². The van der Waals surface area contributed by atoms with Gasteiger partial charge in [-0.15, -0.1) is 0 Å². The molecule has 0 aliphatic carbocycles. The number of hydrogen-bond donors (Lipinski definition) is 1. The van der Waals surface area contributed by atoms with Gasteiger partial charge in [-0.2, -0.15) is 0 Å². The summed E-state index contributed by atoms with van der Waals surface area (Å²) < 4.78 is 0. The van der Waals surface area contributed by atoms with Crippen LogP contribution in [0.5, 0.6) is 0 Å². The molecule has 0 spiro atoms. The van der Waals surface area contributed by atoms with Crippen molar-refractivity contribution in [1.29, 1.82) is 0 Å². The molecule has 0 atom stereocenters. The number of ketones is 1. The topological polar surface area (TPSA) is 59.1 Å². The van der Waals surface area contributed by atoms with Crippen LogP contribution in [0.2, 0.25) is 0 Å². The Labute approximate surface area is 94.4 Å². The molecule has 0 unspecified atom stereocenters. The third-order valence-corrected chi connectivity index (χ3v) is 1.93. The smallest absolute Gasteiger partial charge is 0.217 e. The number of carbonyl (C=O) groups is 2. The van der Waals surface area contributed by atoms with Crippen molar-refractivity contribution in [3.05, 3.63) is 35.7 Å². The van der Waals surface area contributed by atoms with Crippen molar-refractivity contribution < 1.29 is 9.59 Å². The number of carbonyl (C=O) groups excluding carboxylic acids is 2. The van der Waals surface area contributed by atoms with Crippen LogP contribution in [0.3, 0.4) is 0 Å². The fourth-order valence-electron chi connectivity index (χ4n) is 1.11. The van der Waals surface area contributed by atoms with E-state index in [-0.39, 0.29) is 11.7 Å². The number of nitrogens with one attached hydrogen (secondary N) is 1. The van der Waals surface area contributed by atoms with Gasteiger partial charge in [-0.3, -0.25) is 14.6 Å². The van der Waals surface area contributed by atoms with Gasteiger partial charge in [0.15, 0.2) is 5.78 Å². The van der Waals surface area contributed by atoms with Crippen LogP contribution in [0.15, 0.2) is 24.4 Å². The molecule has 16 heavy (non-hydrogen) atoms. The van der Waals surface area contributed by atoms with Crippen molar-refractivity contribution in [3.8, 4) is 0 Å². The molecule has 0 aliphatic heterocycles. The maximum absolute atomic E-state index is 11.0. The van der Waals surface area contributed by atoms with E-state index in [4.69, 9.17) is 0 Å². The van der Waals surface area contributed by atoms with Crippen molar-refractivity contribution >= 4 is 17.8 Å². The first kappa shape index (κ1) is 12.1. The Morgan fingerprint density at radius 3 is 2.62 bits per heavy atom. The third kappa shape index (κ3) is 4.04. The lowest BCUT2D eigenvalue weighted by molar-refractivity contribution is -0.118. The van der Waals surface area contributed by atoms with E-state index in [9.17, 15) is 9.59 Å². The van der Waals surface area contributed by atoms with Gasteiger partial charge in [-0.1, -0.05) is 18.2 Å². The molecule has 0 aliphatic rings. The number of aromatic nitrogens is 1. The molecule has 0 saturated carbocycles. The normalized spacial score (nSPS) is 10.4. The number of hydrogen-bond acceptors (Lipinski definition) is 3. The van der Waals surface area contributed by atoms with E-state index in [1.807, 2.05) is 18.2 Å². The predicted octanol–water partition coefficient (Wildman–Crippen LogP) is 1.43. The molecule has 0 saturated heterocycles. The molecule has 0 fully saturated rings. The van der Waals surface area contributed by atoms with Gasteiger partial charge >= 0.3 is 0 Å². The van der Waals surface area contributed by atoms with E-state index in [0.29, 0.717) is 12.2 Å². The third-order valence-electron chi connectivity index (χ3n) is 1.93. The molecule has 0 aromatic carbocycles. The van der Waals surface area contributed by atoms with Gasteiger partial charge in [0.2, 0.25) is 5.91 Å². The summed E-state index contributed by atoms with van der Waals surface area (Å²) in [5, 5.41) is 2.65. The first-order valence-electron chi connectivity index (χ1n) is 4.97. The number of Topliss-reactive ketones (excluding diaryl/α,β-unsaturated/α-hetero) is 1. The van der Waals surface area contributed by atoms with Gasteiger partial charge < -0.3 is 5.32 Å². The quantitative estimate of drug-likeness (QED) is 0.778. The van der Waals surface area contributed by atoms with Crippen molar-refractivity contribution in [2.75, 3.05) is 6.54 Å². The zero-order chi connectivity index (χ0) is 12.0. The lowest BCUT2D eigenvalue weighted by Gasteiger charge is -1.97. The van der Waals surface area contributed by atoms with Crippen LogP contribution in [-0.2, 0) is 4.79 Å². The molecule has 1 amide bonds. The van der Waals surface area contributed by atoms with Gasteiger partial charge in [-0.25, -0.2) is 0 Å². The summed E-state index contributed by atoms with van der Waals surface area (Å²) in [4.78, 5) is 25.5. The van der Waals surface area contributed by atoms with E-state index in [0.717, 1.165) is 5.56 Å². The molecule has 1 N–H and O–H groups in total. The second kappa shape index (κ2) is 5.80. The second-order valence-corrected chi connectivity index (χ2v) is 3.37. The monoisotopic (exact) mass is 218 g/mol. The summed E-state index contributed by atoms with van der Waals surface area (Å²) in [6.07, 6.45) is 5.29. The summed E-state index contributed by atoms with van der Waals surface area (Å²) in [6, 6.07) is 3.49. The Morgan fingerprint density at radius 1 is 1.38 bits per heavy atom. The molecular weight excluding hydrogens is 204 g/mol. The zero-order valence-corrected chi connectivity index (χ0v) is 9.36. The standard InChI is InChI=1S/C12H14N2O2/c1-9(15)12-6-5-11(8-14-12)4-3-7-13-10(2)16/h3-6,8H,7H2,1-2H3,(H,13,16). The summed E-state index contributed by atoms with van der Waals surface area (Å²) >= 11 is 0. The molecule has 84 valence electrons. The minimum atomic E-state index is -0.0605. The molecule has 4 nitrogen and oxygen atoms in total. The lowest BCUT2D eigenvalue weighted by Crippen LogP contribution is -2.19. The maximum atomic E-state index is 11.0. The highest BCUT2D eigenvalue weighted by Gasteiger charge is 1.98. The average molecular weight is 218 g/mol. The zero-order valence-electron chi connectivity index (χ0n) is 9.36. The molecule has 0 bridgehead atoms. The van der Waals surface area contributed by atoms with Crippen LogP contribution >= 0.6 is 0 Å².